The average molecular weight is 291 g/mol. The minimum atomic E-state index is 0.234. The molecule has 2 unspecified atom stereocenters. The first-order valence-corrected chi connectivity index (χ1v) is 8.24. The lowest BCUT2D eigenvalue weighted by Gasteiger charge is -2.37. The molecule has 1 saturated carbocycles. The second-order valence-corrected chi connectivity index (χ2v) is 6.70. The maximum Gasteiger partial charge on any atom is 0.240 e. The fraction of sp³-hybridized carbons (Fsp3) is 0.812. The molecule has 0 N–H and O–H groups in total. The second kappa shape index (κ2) is 6.26. The van der Waals surface area contributed by atoms with Crippen molar-refractivity contribution in [1.29, 1.82) is 0 Å². The van der Waals surface area contributed by atoms with Crippen molar-refractivity contribution >= 4 is 5.78 Å². The highest BCUT2D eigenvalue weighted by Crippen LogP contribution is 2.33. The van der Waals surface area contributed by atoms with Crippen molar-refractivity contribution in [2.75, 3.05) is 6.54 Å². The summed E-state index contributed by atoms with van der Waals surface area (Å²) in [6.07, 6.45) is 6.44. The molecular weight excluding hydrogens is 266 g/mol. The minimum absolute atomic E-state index is 0.234. The highest BCUT2D eigenvalue weighted by Gasteiger charge is 2.37. The topological polar surface area (TPSA) is 59.2 Å². The number of piperidine rings is 1. The molecular formula is C16H25N3O2. The fourth-order valence-electron chi connectivity index (χ4n) is 3.66. The molecule has 2 heterocycles. The summed E-state index contributed by atoms with van der Waals surface area (Å²) < 4.78 is 5.38. The number of rotatable bonds is 4. The van der Waals surface area contributed by atoms with Gasteiger partial charge >= 0.3 is 0 Å². The minimum Gasteiger partial charge on any atom is -0.338 e. The Morgan fingerprint density at radius 3 is 2.81 bits per heavy atom. The van der Waals surface area contributed by atoms with Gasteiger partial charge in [-0.05, 0) is 32.2 Å². The Morgan fingerprint density at radius 1 is 1.29 bits per heavy atom. The Hall–Kier alpha value is -1.23. The third kappa shape index (κ3) is 3.18. The van der Waals surface area contributed by atoms with E-state index in [1.54, 1.807) is 0 Å². The Balaban J connectivity index is 1.70. The third-order valence-electron chi connectivity index (χ3n) is 4.82. The van der Waals surface area contributed by atoms with E-state index < -0.39 is 0 Å². The van der Waals surface area contributed by atoms with Gasteiger partial charge in [-0.25, -0.2) is 0 Å². The van der Waals surface area contributed by atoms with E-state index in [4.69, 9.17) is 4.52 Å². The van der Waals surface area contributed by atoms with E-state index in [9.17, 15) is 4.79 Å². The predicted molar refractivity (Wildman–Crippen MR) is 78.8 cm³/mol. The Bertz CT molecular complexity index is 497. The van der Waals surface area contributed by atoms with Gasteiger partial charge in [-0.3, -0.25) is 9.69 Å². The van der Waals surface area contributed by atoms with Gasteiger partial charge in [0.25, 0.3) is 0 Å². The molecule has 3 rings (SSSR count). The van der Waals surface area contributed by atoms with Crippen LogP contribution in [0, 0.1) is 5.92 Å². The molecule has 0 radical (unpaired) electrons. The second-order valence-electron chi connectivity index (χ2n) is 6.70. The lowest BCUT2D eigenvalue weighted by Crippen LogP contribution is -2.44. The number of nitrogens with zero attached hydrogens (tertiary/aromatic N) is 3. The predicted octanol–water partition coefficient (Wildman–Crippen LogP) is 2.92. The van der Waals surface area contributed by atoms with E-state index in [1.807, 2.05) is 0 Å². The molecule has 1 aliphatic heterocycles. The van der Waals surface area contributed by atoms with Crippen molar-refractivity contribution < 1.29 is 9.32 Å². The van der Waals surface area contributed by atoms with Crippen LogP contribution in [-0.4, -0.2) is 33.4 Å². The van der Waals surface area contributed by atoms with E-state index in [0.717, 1.165) is 38.1 Å². The van der Waals surface area contributed by atoms with Gasteiger partial charge < -0.3 is 4.52 Å². The maximum atomic E-state index is 12.1. The Labute approximate surface area is 126 Å². The van der Waals surface area contributed by atoms with Gasteiger partial charge in [0, 0.05) is 24.3 Å². The molecule has 1 aromatic heterocycles. The smallest absolute Gasteiger partial charge is 0.240 e. The molecule has 5 heteroatoms. The van der Waals surface area contributed by atoms with Gasteiger partial charge in [0.15, 0.2) is 5.82 Å². The average Bonchev–Trinajstić information content (AvgIpc) is 3.09. The molecule has 1 aromatic rings. The summed E-state index contributed by atoms with van der Waals surface area (Å²) in [4.78, 5) is 19.0. The lowest BCUT2D eigenvalue weighted by molar-refractivity contribution is -0.123. The molecule has 5 nitrogen and oxygen atoms in total. The monoisotopic (exact) mass is 291 g/mol. The first-order chi connectivity index (χ1) is 10.1. The number of ketones is 1. The van der Waals surface area contributed by atoms with Gasteiger partial charge in [-0.15, -0.1) is 0 Å². The number of Topliss-reactive ketones (excluding diaryl/α,β-unsaturated/α-hetero) is 1. The highest BCUT2D eigenvalue weighted by atomic mass is 16.5. The zero-order valence-electron chi connectivity index (χ0n) is 13.0. The van der Waals surface area contributed by atoms with Crippen molar-refractivity contribution in [3.05, 3.63) is 11.7 Å². The van der Waals surface area contributed by atoms with Gasteiger partial charge in [-0.2, -0.15) is 4.98 Å². The Kier molecular flexibility index (Phi) is 4.38. The van der Waals surface area contributed by atoms with Crippen molar-refractivity contribution in [2.45, 2.75) is 70.9 Å². The fourth-order valence-corrected chi connectivity index (χ4v) is 3.66. The van der Waals surface area contributed by atoms with Crippen LogP contribution in [0.2, 0.25) is 0 Å². The summed E-state index contributed by atoms with van der Waals surface area (Å²) in [6.45, 7) is 5.85. The SMILES string of the molecule is CC(C)c1noc(CN2CCCCC2C2CCCC2=O)n1. The molecule has 1 saturated heterocycles. The van der Waals surface area contributed by atoms with E-state index in [-0.39, 0.29) is 11.8 Å². The number of aromatic nitrogens is 2. The van der Waals surface area contributed by atoms with Crippen molar-refractivity contribution in [2.24, 2.45) is 5.92 Å². The molecule has 0 bridgehead atoms. The van der Waals surface area contributed by atoms with Crippen molar-refractivity contribution in [1.82, 2.24) is 15.0 Å². The molecule has 0 aromatic carbocycles. The third-order valence-corrected chi connectivity index (χ3v) is 4.82. The number of carbonyl (C=O) groups excluding carboxylic acids is 1. The van der Waals surface area contributed by atoms with Crippen LogP contribution in [0.15, 0.2) is 4.52 Å². The van der Waals surface area contributed by atoms with Gasteiger partial charge in [0.2, 0.25) is 5.89 Å². The first-order valence-electron chi connectivity index (χ1n) is 8.24. The molecule has 0 amide bonds. The van der Waals surface area contributed by atoms with Crippen LogP contribution in [0.5, 0.6) is 0 Å². The number of hydrogen-bond donors (Lipinski definition) is 0. The van der Waals surface area contributed by atoms with Crippen LogP contribution in [0.25, 0.3) is 0 Å². The van der Waals surface area contributed by atoms with E-state index in [0.29, 0.717) is 24.3 Å². The lowest BCUT2D eigenvalue weighted by atomic mass is 9.88. The molecule has 21 heavy (non-hydrogen) atoms. The maximum absolute atomic E-state index is 12.1. The molecule has 2 aliphatic rings. The van der Waals surface area contributed by atoms with Crippen LogP contribution in [-0.2, 0) is 11.3 Å². The van der Waals surface area contributed by atoms with Crippen molar-refractivity contribution in [3.8, 4) is 0 Å². The van der Waals surface area contributed by atoms with E-state index in [1.165, 1.54) is 12.8 Å². The molecule has 2 atom stereocenters. The van der Waals surface area contributed by atoms with Gasteiger partial charge in [0.1, 0.15) is 5.78 Å². The summed E-state index contributed by atoms with van der Waals surface area (Å²) in [7, 11) is 0. The normalized spacial score (nSPS) is 27.7. The zero-order chi connectivity index (χ0) is 14.8. The summed E-state index contributed by atoms with van der Waals surface area (Å²) in [5.41, 5.74) is 0. The highest BCUT2D eigenvalue weighted by molar-refractivity contribution is 5.83. The van der Waals surface area contributed by atoms with E-state index in [2.05, 4.69) is 28.9 Å². The van der Waals surface area contributed by atoms with Crippen LogP contribution in [0.4, 0.5) is 0 Å². The first kappa shape index (κ1) is 14.7. The van der Waals surface area contributed by atoms with Crippen molar-refractivity contribution in [3.63, 3.8) is 0 Å². The molecule has 0 spiro atoms. The zero-order valence-corrected chi connectivity index (χ0v) is 13.0. The van der Waals surface area contributed by atoms with Gasteiger partial charge in [-0.1, -0.05) is 25.4 Å². The van der Waals surface area contributed by atoms with Crippen LogP contribution in [0.1, 0.15) is 70.0 Å². The largest absolute Gasteiger partial charge is 0.338 e. The van der Waals surface area contributed by atoms with Gasteiger partial charge in [0.05, 0.1) is 6.54 Å². The quantitative estimate of drug-likeness (QED) is 0.853. The number of likely N-dealkylation sites (tertiary alicyclic amines) is 1. The molecule has 2 fully saturated rings. The summed E-state index contributed by atoms with van der Waals surface area (Å²) in [5.74, 6) is 2.45. The molecule has 1 aliphatic carbocycles. The van der Waals surface area contributed by atoms with Crippen LogP contribution in [0.3, 0.4) is 0 Å². The van der Waals surface area contributed by atoms with Crippen LogP contribution >= 0.6 is 0 Å². The standard InChI is InChI=1S/C16H25N3O2/c1-11(2)16-17-15(21-18-16)10-19-9-4-3-7-13(19)12-6-5-8-14(12)20/h11-13H,3-10H2,1-2H3. The Morgan fingerprint density at radius 2 is 2.14 bits per heavy atom. The summed E-state index contributed by atoms with van der Waals surface area (Å²) in [5, 5.41) is 4.04. The van der Waals surface area contributed by atoms with E-state index >= 15 is 0 Å². The summed E-state index contributed by atoms with van der Waals surface area (Å²) in [6, 6.07) is 0.378. The molecule has 116 valence electrons. The van der Waals surface area contributed by atoms with Crippen LogP contribution < -0.4 is 0 Å². The summed E-state index contributed by atoms with van der Waals surface area (Å²) >= 11 is 0. The number of carbonyl (C=O) groups is 1. The number of hydrogen-bond acceptors (Lipinski definition) is 5.